The maximum Gasteiger partial charge on any atom is 0.416 e. The van der Waals surface area contributed by atoms with Crippen LogP contribution in [0.4, 0.5) is 13.2 Å². The number of hydrogen-bond acceptors (Lipinski definition) is 3. The maximum absolute atomic E-state index is 12.8. The average Bonchev–Trinajstić information content (AvgIpc) is 2.59. The molecule has 1 aromatic rings. The topological polar surface area (TPSA) is 49.8 Å². The predicted octanol–water partition coefficient (Wildman–Crippen LogP) is 2.89. The molecule has 25 heavy (non-hydrogen) atoms. The Labute approximate surface area is 145 Å². The minimum absolute atomic E-state index is 0.0380. The molecule has 7 heteroatoms. The van der Waals surface area contributed by atoms with E-state index in [0.717, 1.165) is 25.0 Å². The van der Waals surface area contributed by atoms with Crippen LogP contribution in [0.5, 0.6) is 0 Å². The van der Waals surface area contributed by atoms with Crippen LogP contribution in [0, 0.1) is 5.41 Å². The van der Waals surface area contributed by atoms with Crippen LogP contribution in [0.1, 0.15) is 30.4 Å². The van der Waals surface area contributed by atoms with Crippen LogP contribution in [0.25, 0.3) is 0 Å². The van der Waals surface area contributed by atoms with Crippen molar-refractivity contribution < 1.29 is 27.8 Å². The second kappa shape index (κ2) is 8.19. The Hall–Kier alpha value is -1.60. The van der Waals surface area contributed by atoms with Gasteiger partial charge < -0.3 is 14.7 Å². The summed E-state index contributed by atoms with van der Waals surface area (Å²) in [5, 5.41) is 9.76. The van der Waals surface area contributed by atoms with E-state index in [1.807, 2.05) is 0 Å². The van der Waals surface area contributed by atoms with E-state index in [-0.39, 0.29) is 18.9 Å². The number of amides is 1. The molecule has 1 aliphatic rings. The van der Waals surface area contributed by atoms with E-state index in [1.54, 1.807) is 12.0 Å². The lowest BCUT2D eigenvalue weighted by atomic mass is 9.78. The van der Waals surface area contributed by atoms with Crippen LogP contribution in [0.3, 0.4) is 0 Å². The normalized spacial score (nSPS) is 21.4. The van der Waals surface area contributed by atoms with Crippen LogP contribution in [-0.4, -0.2) is 49.3 Å². The summed E-state index contributed by atoms with van der Waals surface area (Å²) in [7, 11) is 1.59. The van der Waals surface area contributed by atoms with Gasteiger partial charge in [-0.15, -0.1) is 0 Å². The molecule has 0 spiro atoms. The first-order valence-electron chi connectivity index (χ1n) is 8.33. The van der Waals surface area contributed by atoms with Crippen molar-refractivity contribution in [2.45, 2.75) is 31.9 Å². The number of ether oxygens (including phenoxy) is 1. The van der Waals surface area contributed by atoms with Gasteiger partial charge >= 0.3 is 6.18 Å². The highest BCUT2D eigenvalue weighted by Crippen LogP contribution is 2.34. The smallest absolute Gasteiger partial charge is 0.396 e. The van der Waals surface area contributed by atoms with Crippen molar-refractivity contribution in [3.05, 3.63) is 35.4 Å². The predicted molar refractivity (Wildman–Crippen MR) is 87.0 cm³/mol. The number of carbonyl (C=O) groups excluding carboxylic acids is 1. The highest BCUT2D eigenvalue weighted by molar-refractivity contribution is 5.79. The molecule has 0 aliphatic carbocycles. The fraction of sp³-hybridized carbons (Fsp3) is 0.611. The van der Waals surface area contributed by atoms with Crippen molar-refractivity contribution in [2.24, 2.45) is 5.41 Å². The fourth-order valence-corrected chi connectivity index (χ4v) is 3.30. The summed E-state index contributed by atoms with van der Waals surface area (Å²) in [5.41, 5.74) is -0.796. The number of aliphatic hydroxyl groups excluding tert-OH is 1. The molecule has 0 bridgehead atoms. The van der Waals surface area contributed by atoms with Gasteiger partial charge in [-0.05, 0) is 30.9 Å². The van der Waals surface area contributed by atoms with E-state index in [4.69, 9.17) is 4.74 Å². The summed E-state index contributed by atoms with van der Waals surface area (Å²) in [6.45, 7) is 1.43. The zero-order valence-corrected chi connectivity index (χ0v) is 14.3. The number of hydrogen-bond donors (Lipinski definition) is 1. The first-order chi connectivity index (χ1) is 11.8. The lowest BCUT2D eigenvalue weighted by Gasteiger charge is -2.42. The third kappa shape index (κ3) is 5.19. The Morgan fingerprint density at radius 3 is 2.80 bits per heavy atom. The number of carbonyl (C=O) groups is 1. The molecule has 140 valence electrons. The van der Waals surface area contributed by atoms with Gasteiger partial charge in [-0.25, -0.2) is 0 Å². The van der Waals surface area contributed by atoms with E-state index in [9.17, 15) is 23.1 Å². The Morgan fingerprint density at radius 1 is 1.40 bits per heavy atom. The molecule has 1 amide bonds. The van der Waals surface area contributed by atoms with Crippen LogP contribution in [-0.2, 0) is 22.1 Å². The van der Waals surface area contributed by atoms with Crippen LogP contribution in [0.2, 0.25) is 0 Å². The zero-order chi connectivity index (χ0) is 18.5. The largest absolute Gasteiger partial charge is 0.416 e. The summed E-state index contributed by atoms with van der Waals surface area (Å²) in [6.07, 6.45) is -2.28. The van der Waals surface area contributed by atoms with Gasteiger partial charge in [-0.2, -0.15) is 13.2 Å². The van der Waals surface area contributed by atoms with Gasteiger partial charge in [0, 0.05) is 32.2 Å². The monoisotopic (exact) mass is 359 g/mol. The van der Waals surface area contributed by atoms with E-state index < -0.39 is 17.2 Å². The van der Waals surface area contributed by atoms with E-state index in [1.165, 1.54) is 12.1 Å². The standard InChI is InChI=1S/C18H24F3NO3/c1-25-9-7-17(13-23)6-3-8-22(12-17)16(24)11-14-4-2-5-15(10-14)18(19,20)21/h2,4-5,10,23H,3,6-9,11-13H2,1H3/t17-/m1/s1. The van der Waals surface area contributed by atoms with Crippen LogP contribution < -0.4 is 0 Å². The Kier molecular flexibility index (Phi) is 6.46. The fourth-order valence-electron chi connectivity index (χ4n) is 3.30. The first kappa shape index (κ1) is 19.7. The number of benzene rings is 1. The van der Waals surface area contributed by atoms with Gasteiger partial charge in [-0.3, -0.25) is 4.79 Å². The number of alkyl halides is 3. The molecule has 1 aromatic carbocycles. The van der Waals surface area contributed by atoms with Crippen molar-refractivity contribution in [1.29, 1.82) is 0 Å². The Bertz CT molecular complexity index is 591. The second-order valence-electron chi connectivity index (χ2n) is 6.69. The van der Waals surface area contributed by atoms with Gasteiger partial charge in [0.1, 0.15) is 0 Å². The molecule has 0 unspecified atom stereocenters. The second-order valence-corrected chi connectivity index (χ2v) is 6.69. The van der Waals surface area contributed by atoms with Gasteiger partial charge in [-0.1, -0.05) is 18.2 Å². The highest BCUT2D eigenvalue weighted by atomic mass is 19.4. The van der Waals surface area contributed by atoms with Crippen LogP contribution in [0.15, 0.2) is 24.3 Å². The van der Waals surface area contributed by atoms with Crippen molar-refractivity contribution in [2.75, 3.05) is 33.4 Å². The number of aliphatic hydroxyl groups is 1. The van der Waals surface area contributed by atoms with Crippen LogP contribution >= 0.6 is 0 Å². The molecule has 0 aromatic heterocycles. The number of piperidine rings is 1. The molecule has 1 aliphatic heterocycles. The first-order valence-corrected chi connectivity index (χ1v) is 8.33. The third-order valence-corrected chi connectivity index (χ3v) is 4.80. The Balaban J connectivity index is 2.05. The lowest BCUT2D eigenvalue weighted by molar-refractivity contribution is -0.138. The van der Waals surface area contributed by atoms with Crippen molar-refractivity contribution >= 4 is 5.91 Å². The maximum atomic E-state index is 12.8. The number of nitrogens with zero attached hydrogens (tertiary/aromatic N) is 1. The molecule has 2 rings (SSSR count). The summed E-state index contributed by atoms with van der Waals surface area (Å²) < 4.78 is 43.5. The number of methoxy groups -OCH3 is 1. The number of rotatable bonds is 6. The van der Waals surface area contributed by atoms with Gasteiger partial charge in [0.05, 0.1) is 18.6 Å². The molecular formula is C18H24F3NO3. The Morgan fingerprint density at radius 2 is 2.16 bits per heavy atom. The number of likely N-dealkylation sites (tertiary alicyclic amines) is 1. The molecule has 1 N–H and O–H groups in total. The molecule has 1 fully saturated rings. The molecular weight excluding hydrogens is 335 g/mol. The summed E-state index contributed by atoms with van der Waals surface area (Å²) in [5.74, 6) is -0.214. The van der Waals surface area contributed by atoms with Crippen molar-refractivity contribution in [3.8, 4) is 0 Å². The van der Waals surface area contributed by atoms with Crippen molar-refractivity contribution in [3.63, 3.8) is 0 Å². The van der Waals surface area contributed by atoms with E-state index >= 15 is 0 Å². The average molecular weight is 359 g/mol. The molecule has 1 saturated heterocycles. The SMILES string of the molecule is COCC[C@]1(CO)CCCN(C(=O)Cc2cccc(C(F)(F)F)c2)C1. The minimum atomic E-state index is -4.42. The summed E-state index contributed by atoms with van der Waals surface area (Å²) in [4.78, 5) is 14.2. The molecule has 4 nitrogen and oxygen atoms in total. The zero-order valence-electron chi connectivity index (χ0n) is 14.3. The van der Waals surface area contributed by atoms with Gasteiger partial charge in [0.15, 0.2) is 0 Å². The lowest BCUT2D eigenvalue weighted by Crippen LogP contribution is -2.48. The summed E-state index contributed by atoms with van der Waals surface area (Å²) in [6, 6.07) is 4.86. The summed E-state index contributed by atoms with van der Waals surface area (Å²) >= 11 is 0. The van der Waals surface area contributed by atoms with E-state index in [0.29, 0.717) is 31.7 Å². The van der Waals surface area contributed by atoms with Crippen molar-refractivity contribution in [1.82, 2.24) is 4.90 Å². The minimum Gasteiger partial charge on any atom is -0.396 e. The van der Waals surface area contributed by atoms with E-state index in [2.05, 4.69) is 0 Å². The quantitative estimate of drug-likeness (QED) is 0.850. The molecule has 0 saturated carbocycles. The highest BCUT2D eigenvalue weighted by Gasteiger charge is 2.36. The number of halogens is 3. The third-order valence-electron chi connectivity index (χ3n) is 4.80. The van der Waals surface area contributed by atoms with Gasteiger partial charge in [0.25, 0.3) is 0 Å². The molecule has 0 radical (unpaired) electrons. The molecule has 1 atom stereocenters. The molecule has 1 heterocycles. The van der Waals surface area contributed by atoms with Gasteiger partial charge in [0.2, 0.25) is 5.91 Å².